The molecule has 2 heteroatoms. The maximum atomic E-state index is 10.3. The van der Waals surface area contributed by atoms with Crippen LogP contribution in [0.3, 0.4) is 0 Å². The van der Waals surface area contributed by atoms with Gasteiger partial charge in [-0.2, -0.15) is 0 Å². The quantitative estimate of drug-likeness (QED) is 0.726. The number of hydrogen-bond donors (Lipinski definition) is 1. The first-order valence-corrected chi connectivity index (χ1v) is 3.94. The summed E-state index contributed by atoms with van der Waals surface area (Å²) in [5, 5.41) is 0. The van der Waals surface area contributed by atoms with Gasteiger partial charge in [-0.1, -0.05) is 37.3 Å². The summed E-state index contributed by atoms with van der Waals surface area (Å²) >= 11 is 0. The van der Waals surface area contributed by atoms with Crippen molar-refractivity contribution in [3.05, 3.63) is 35.9 Å². The molecule has 1 rings (SSSR count). The molecule has 0 aliphatic heterocycles. The van der Waals surface area contributed by atoms with Crippen molar-refractivity contribution in [2.45, 2.75) is 18.9 Å². The van der Waals surface area contributed by atoms with Crippen molar-refractivity contribution < 1.29 is 4.79 Å². The highest BCUT2D eigenvalue weighted by Crippen LogP contribution is 2.15. The van der Waals surface area contributed by atoms with E-state index in [1.54, 1.807) is 6.29 Å². The van der Waals surface area contributed by atoms with E-state index >= 15 is 0 Å². The van der Waals surface area contributed by atoms with Gasteiger partial charge in [-0.3, -0.25) is 4.79 Å². The molecule has 0 saturated carbocycles. The summed E-state index contributed by atoms with van der Waals surface area (Å²) in [6.45, 7) is 1.92. The molecule has 0 heterocycles. The minimum Gasteiger partial charge on any atom is -0.321 e. The second kappa shape index (κ2) is 4.02. The highest BCUT2D eigenvalue weighted by Gasteiger charge is 2.13. The summed E-state index contributed by atoms with van der Waals surface area (Å²) < 4.78 is 0. The van der Waals surface area contributed by atoms with Crippen molar-refractivity contribution in [3.63, 3.8) is 0 Å². The largest absolute Gasteiger partial charge is 0.321 e. The lowest BCUT2D eigenvalue weighted by Gasteiger charge is -2.13. The monoisotopic (exact) mass is 162 g/mol. The van der Waals surface area contributed by atoms with Gasteiger partial charge in [-0.25, -0.2) is 0 Å². The normalized spacial score (nSPS) is 15.2. The summed E-state index contributed by atoms with van der Waals surface area (Å²) in [6.07, 6.45) is 1.79. The summed E-state index contributed by atoms with van der Waals surface area (Å²) in [5.41, 5.74) is 6.60. The molecule has 0 aliphatic carbocycles. The van der Waals surface area contributed by atoms with Gasteiger partial charge in [0.05, 0.1) is 6.04 Å². The summed E-state index contributed by atoms with van der Waals surface area (Å²) in [4.78, 5) is 10.3. The lowest BCUT2D eigenvalue weighted by atomic mass is 9.95. The molecule has 2 unspecified atom stereocenters. The molecule has 1 aromatic carbocycles. The average Bonchev–Trinajstić information content (AvgIpc) is 2.17. The van der Waals surface area contributed by atoms with E-state index in [1.165, 1.54) is 0 Å². The third-order valence-electron chi connectivity index (χ3n) is 2.00. The van der Waals surface area contributed by atoms with E-state index in [9.17, 15) is 4.79 Å². The fourth-order valence-electron chi connectivity index (χ4n) is 1.07. The molecule has 2 nitrogen and oxygen atoms in total. The van der Waals surface area contributed by atoms with Crippen molar-refractivity contribution >= 4 is 6.29 Å². The molecule has 0 spiro atoms. The summed E-state index contributed by atoms with van der Waals surface area (Å²) in [5.74, 6) is 0.0451. The van der Waals surface area contributed by atoms with Crippen LogP contribution in [-0.2, 0) is 4.79 Å². The second-order valence-electron chi connectivity index (χ2n) is 2.84. The Morgan fingerprint density at radius 3 is 2.42 bits per heavy atom. The van der Waals surface area contributed by atoms with Gasteiger partial charge in [0.2, 0.25) is 6.29 Å². The zero-order chi connectivity index (χ0) is 8.97. The van der Waals surface area contributed by atoms with Crippen LogP contribution in [0.1, 0.15) is 18.4 Å². The van der Waals surface area contributed by atoms with Crippen molar-refractivity contribution in [1.82, 2.24) is 0 Å². The molecule has 0 fully saturated rings. The van der Waals surface area contributed by atoms with E-state index in [0.717, 1.165) is 5.56 Å². The second-order valence-corrected chi connectivity index (χ2v) is 2.84. The van der Waals surface area contributed by atoms with E-state index in [2.05, 4.69) is 0 Å². The fourth-order valence-corrected chi connectivity index (χ4v) is 1.07. The first-order chi connectivity index (χ1) is 5.75. The van der Waals surface area contributed by atoms with E-state index in [1.807, 2.05) is 37.3 Å². The standard InChI is InChI=1S/C10H12NO/c1-8(10(11)7-12)9-5-3-2-4-6-9/h2-6,8,10H,11H2,1H3. The summed E-state index contributed by atoms with van der Waals surface area (Å²) in [6, 6.07) is 9.20. The van der Waals surface area contributed by atoms with Gasteiger partial charge in [0.25, 0.3) is 0 Å². The van der Waals surface area contributed by atoms with Crippen molar-refractivity contribution in [2.24, 2.45) is 5.73 Å². The molecule has 2 N–H and O–H groups in total. The van der Waals surface area contributed by atoms with E-state index in [-0.39, 0.29) is 5.92 Å². The zero-order valence-electron chi connectivity index (χ0n) is 7.03. The van der Waals surface area contributed by atoms with Gasteiger partial charge in [-0.15, -0.1) is 0 Å². The highest BCUT2D eigenvalue weighted by molar-refractivity contribution is 5.60. The van der Waals surface area contributed by atoms with Crippen LogP contribution in [0.15, 0.2) is 30.3 Å². The highest BCUT2D eigenvalue weighted by atomic mass is 16.1. The lowest BCUT2D eigenvalue weighted by molar-refractivity contribution is 0.528. The van der Waals surface area contributed by atoms with Crippen molar-refractivity contribution in [1.29, 1.82) is 0 Å². The van der Waals surface area contributed by atoms with Crippen LogP contribution < -0.4 is 5.73 Å². The molecule has 0 saturated heterocycles. The zero-order valence-corrected chi connectivity index (χ0v) is 7.03. The molecule has 0 aliphatic rings. The summed E-state index contributed by atoms with van der Waals surface area (Å²) in [7, 11) is 0. The van der Waals surface area contributed by atoms with Crippen LogP contribution in [0, 0.1) is 0 Å². The maximum Gasteiger partial charge on any atom is 0.217 e. The predicted octanol–water partition coefficient (Wildman–Crippen LogP) is 1.23. The molecular formula is C10H12NO. The molecule has 2 atom stereocenters. The van der Waals surface area contributed by atoms with Gasteiger partial charge < -0.3 is 5.73 Å². The molecule has 0 aromatic heterocycles. The first-order valence-electron chi connectivity index (χ1n) is 3.94. The van der Waals surface area contributed by atoms with E-state index in [4.69, 9.17) is 5.73 Å². The Morgan fingerprint density at radius 2 is 1.92 bits per heavy atom. The van der Waals surface area contributed by atoms with Crippen LogP contribution in [0.25, 0.3) is 0 Å². The van der Waals surface area contributed by atoms with Gasteiger partial charge >= 0.3 is 0 Å². The molecule has 12 heavy (non-hydrogen) atoms. The SMILES string of the molecule is CC(c1ccccc1)C(N)[C]=O. The molecule has 63 valence electrons. The van der Waals surface area contributed by atoms with Crippen LogP contribution >= 0.6 is 0 Å². The maximum absolute atomic E-state index is 10.3. The smallest absolute Gasteiger partial charge is 0.217 e. The molecule has 1 radical (unpaired) electrons. The third-order valence-corrected chi connectivity index (χ3v) is 2.00. The minimum absolute atomic E-state index is 0.0451. The number of rotatable bonds is 3. The van der Waals surface area contributed by atoms with Gasteiger partial charge in [0, 0.05) is 5.92 Å². The number of nitrogens with two attached hydrogens (primary N) is 1. The van der Waals surface area contributed by atoms with Crippen molar-refractivity contribution in [2.75, 3.05) is 0 Å². The Kier molecular flexibility index (Phi) is 3.00. The van der Waals surface area contributed by atoms with E-state index < -0.39 is 6.04 Å². The number of hydrogen-bond acceptors (Lipinski definition) is 2. The van der Waals surface area contributed by atoms with Crippen LogP contribution in [0.4, 0.5) is 0 Å². The lowest BCUT2D eigenvalue weighted by Crippen LogP contribution is -2.27. The Hall–Kier alpha value is -1.15. The molecule has 1 aromatic rings. The Morgan fingerprint density at radius 1 is 1.33 bits per heavy atom. The fraction of sp³-hybridized carbons (Fsp3) is 0.300. The molecule has 0 bridgehead atoms. The molecular weight excluding hydrogens is 150 g/mol. The molecule has 0 amide bonds. The topological polar surface area (TPSA) is 43.1 Å². The average molecular weight is 162 g/mol. The number of benzene rings is 1. The Labute approximate surface area is 72.4 Å². The predicted molar refractivity (Wildman–Crippen MR) is 48.5 cm³/mol. The Bertz CT molecular complexity index is 245. The van der Waals surface area contributed by atoms with Crippen LogP contribution in [0.5, 0.6) is 0 Å². The number of carbonyl (C=O) groups excluding carboxylic acids is 1. The van der Waals surface area contributed by atoms with Crippen molar-refractivity contribution in [3.8, 4) is 0 Å². The Balaban J connectivity index is 2.78. The van der Waals surface area contributed by atoms with Gasteiger partial charge in [0.15, 0.2) is 0 Å². The van der Waals surface area contributed by atoms with Gasteiger partial charge in [-0.05, 0) is 5.56 Å². The first kappa shape index (κ1) is 8.94. The van der Waals surface area contributed by atoms with Gasteiger partial charge in [0.1, 0.15) is 0 Å². The third kappa shape index (κ3) is 1.92. The van der Waals surface area contributed by atoms with Crippen LogP contribution in [-0.4, -0.2) is 12.3 Å². The van der Waals surface area contributed by atoms with E-state index in [0.29, 0.717) is 0 Å². The minimum atomic E-state index is -0.521. The van der Waals surface area contributed by atoms with Crippen LogP contribution in [0.2, 0.25) is 0 Å².